The molecular weight excluding hydrogens is 484 g/mol. The molecule has 7 nitrogen and oxygen atoms in total. The molecular formula is C31H50O7. The Morgan fingerprint density at radius 1 is 0.921 bits per heavy atom. The molecule has 0 aromatic rings. The quantitative estimate of drug-likeness (QED) is 0.326. The van der Waals surface area contributed by atoms with Crippen LogP contribution in [0, 0.1) is 46.3 Å². The molecule has 0 aromatic carbocycles. The Kier molecular flexibility index (Phi) is 8.86. The molecule has 38 heavy (non-hydrogen) atoms. The van der Waals surface area contributed by atoms with E-state index in [0.29, 0.717) is 37.5 Å². The molecule has 11 atom stereocenters. The molecule has 0 spiro atoms. The van der Waals surface area contributed by atoms with Crippen molar-refractivity contribution in [3.8, 4) is 0 Å². The lowest BCUT2D eigenvalue weighted by molar-refractivity contribution is -0.218. The zero-order chi connectivity index (χ0) is 27.8. The lowest BCUT2D eigenvalue weighted by atomic mass is 9.43. The number of ether oxygens (including phenoxy) is 3. The van der Waals surface area contributed by atoms with Crippen LogP contribution >= 0.6 is 0 Å². The summed E-state index contributed by atoms with van der Waals surface area (Å²) in [5.74, 6) is 1.15. The Bertz CT molecular complexity index is 887. The van der Waals surface area contributed by atoms with Crippen molar-refractivity contribution < 1.29 is 33.7 Å². The van der Waals surface area contributed by atoms with Gasteiger partial charge in [0.05, 0.1) is 13.2 Å². The minimum atomic E-state index is -0.435. The average molecular weight is 535 g/mol. The molecule has 4 aliphatic rings. The van der Waals surface area contributed by atoms with Crippen LogP contribution in [0.2, 0.25) is 0 Å². The molecule has 216 valence electrons. The van der Waals surface area contributed by atoms with E-state index in [1.54, 1.807) is 0 Å². The molecule has 1 N–H and O–H groups in total. The second kappa shape index (κ2) is 11.5. The summed E-state index contributed by atoms with van der Waals surface area (Å²) >= 11 is 0. The Labute approximate surface area is 228 Å². The first-order valence-corrected chi connectivity index (χ1v) is 15.1. The maximum absolute atomic E-state index is 12.6. The van der Waals surface area contributed by atoms with E-state index in [9.17, 15) is 19.5 Å². The van der Waals surface area contributed by atoms with Gasteiger partial charge in [0.15, 0.2) is 0 Å². The summed E-state index contributed by atoms with van der Waals surface area (Å²) in [5.41, 5.74) is -0.254. The molecule has 4 fully saturated rings. The van der Waals surface area contributed by atoms with E-state index in [0.717, 1.165) is 44.9 Å². The smallest absolute Gasteiger partial charge is 0.305 e. The average Bonchev–Trinajstić information content (AvgIpc) is 3.26. The second-order valence-corrected chi connectivity index (χ2v) is 13.2. The molecule has 0 radical (unpaired) electrons. The van der Waals surface area contributed by atoms with Crippen LogP contribution in [0.1, 0.15) is 105 Å². The highest BCUT2D eigenvalue weighted by molar-refractivity contribution is 5.69. The van der Waals surface area contributed by atoms with Gasteiger partial charge in [-0.1, -0.05) is 34.6 Å². The number of aliphatic hydroxyl groups is 1. The Balaban J connectivity index is 1.62. The number of carbonyl (C=O) groups is 3. The van der Waals surface area contributed by atoms with Crippen LogP contribution in [-0.2, 0) is 28.6 Å². The summed E-state index contributed by atoms with van der Waals surface area (Å²) in [7, 11) is 1.43. The number of hydrogen-bond donors (Lipinski definition) is 1. The molecule has 0 bridgehead atoms. The van der Waals surface area contributed by atoms with Crippen LogP contribution in [0.4, 0.5) is 0 Å². The standard InChI is InChI=1S/C31H50O7/c1-7-26(33)37-20-13-14-30(4)19(15-20)16-24(38-27(34)8-2)29-22-11-10-21(18(3)9-12-28(35)36-6)31(22,5)25(32)17-23(29)30/h18-25,29,32H,7-17H2,1-6H3/t18-,19+,20-,21-,22+,23+,24-,25+,29+,30+,31-/m1/s1. The lowest BCUT2D eigenvalue weighted by Gasteiger charge is -2.64. The fraction of sp³-hybridized carbons (Fsp3) is 0.903. The molecule has 0 unspecified atom stereocenters. The first-order valence-electron chi connectivity index (χ1n) is 15.1. The van der Waals surface area contributed by atoms with Crippen molar-refractivity contribution in [2.75, 3.05) is 7.11 Å². The highest BCUT2D eigenvalue weighted by atomic mass is 16.5. The summed E-state index contributed by atoms with van der Waals surface area (Å²) in [4.78, 5) is 36.5. The molecule has 4 saturated carbocycles. The SMILES string of the molecule is CCC(=O)O[C@@H]1CC[C@@]2(C)[C@@H](C1)C[C@@H](OC(=O)CC)[C@@H]1[C@@H]2C[C@H](O)[C@]2(C)[C@@H]([C@H](C)CCC(=O)OC)CC[C@@H]12. The third-order valence-electron chi connectivity index (χ3n) is 11.7. The van der Waals surface area contributed by atoms with Gasteiger partial charge in [0.1, 0.15) is 12.2 Å². The van der Waals surface area contributed by atoms with Crippen molar-refractivity contribution >= 4 is 17.9 Å². The number of rotatable bonds is 8. The third-order valence-corrected chi connectivity index (χ3v) is 11.7. The fourth-order valence-electron chi connectivity index (χ4n) is 9.49. The van der Waals surface area contributed by atoms with Gasteiger partial charge in [0.25, 0.3) is 0 Å². The molecule has 0 aromatic heterocycles. The van der Waals surface area contributed by atoms with Gasteiger partial charge in [-0.05, 0) is 91.8 Å². The fourth-order valence-corrected chi connectivity index (χ4v) is 9.49. The van der Waals surface area contributed by atoms with Gasteiger partial charge < -0.3 is 19.3 Å². The minimum Gasteiger partial charge on any atom is -0.469 e. The van der Waals surface area contributed by atoms with Crippen molar-refractivity contribution in [3.05, 3.63) is 0 Å². The van der Waals surface area contributed by atoms with Crippen molar-refractivity contribution in [1.29, 1.82) is 0 Å². The molecule has 0 amide bonds. The van der Waals surface area contributed by atoms with Gasteiger partial charge in [-0.25, -0.2) is 0 Å². The monoisotopic (exact) mass is 534 g/mol. The molecule has 4 aliphatic carbocycles. The van der Waals surface area contributed by atoms with Crippen molar-refractivity contribution in [3.63, 3.8) is 0 Å². The number of hydrogen-bond acceptors (Lipinski definition) is 7. The van der Waals surface area contributed by atoms with Gasteiger partial charge in [-0.2, -0.15) is 0 Å². The van der Waals surface area contributed by atoms with Crippen LogP contribution in [0.5, 0.6) is 0 Å². The Morgan fingerprint density at radius 3 is 2.26 bits per heavy atom. The van der Waals surface area contributed by atoms with E-state index >= 15 is 0 Å². The normalized spacial score (nSPS) is 42.7. The van der Waals surface area contributed by atoms with Crippen molar-refractivity contribution in [1.82, 2.24) is 0 Å². The van der Waals surface area contributed by atoms with Crippen LogP contribution in [0.15, 0.2) is 0 Å². The van der Waals surface area contributed by atoms with Crippen LogP contribution in [0.25, 0.3) is 0 Å². The minimum absolute atomic E-state index is 0.0197. The lowest BCUT2D eigenvalue weighted by Crippen LogP contribution is -2.63. The third kappa shape index (κ3) is 5.13. The van der Waals surface area contributed by atoms with E-state index in [4.69, 9.17) is 14.2 Å². The van der Waals surface area contributed by atoms with Crippen LogP contribution in [0.3, 0.4) is 0 Å². The summed E-state index contributed by atoms with van der Waals surface area (Å²) < 4.78 is 16.9. The van der Waals surface area contributed by atoms with Crippen LogP contribution in [-0.4, -0.2) is 48.4 Å². The highest BCUT2D eigenvalue weighted by Crippen LogP contribution is 2.68. The summed E-state index contributed by atoms with van der Waals surface area (Å²) in [6.45, 7) is 10.5. The highest BCUT2D eigenvalue weighted by Gasteiger charge is 2.66. The number of carbonyl (C=O) groups excluding carboxylic acids is 3. The van der Waals surface area contributed by atoms with Gasteiger partial charge in [0.2, 0.25) is 0 Å². The Morgan fingerprint density at radius 2 is 1.61 bits per heavy atom. The molecule has 7 heteroatoms. The topological polar surface area (TPSA) is 99.1 Å². The van der Waals surface area contributed by atoms with Crippen molar-refractivity contribution in [2.24, 2.45) is 46.3 Å². The summed E-state index contributed by atoms with van der Waals surface area (Å²) in [6.07, 6.45) is 7.37. The van der Waals surface area contributed by atoms with E-state index < -0.39 is 6.10 Å². The first-order chi connectivity index (χ1) is 18.0. The Hall–Kier alpha value is -1.63. The first kappa shape index (κ1) is 29.4. The maximum Gasteiger partial charge on any atom is 0.305 e. The van der Waals surface area contributed by atoms with Gasteiger partial charge in [0, 0.05) is 25.2 Å². The summed E-state index contributed by atoms with van der Waals surface area (Å²) in [6, 6.07) is 0. The molecule has 0 aliphatic heterocycles. The number of aliphatic hydroxyl groups excluding tert-OH is 1. The van der Waals surface area contributed by atoms with Gasteiger partial charge in [-0.15, -0.1) is 0 Å². The number of fused-ring (bicyclic) bond motifs is 5. The predicted molar refractivity (Wildman–Crippen MR) is 143 cm³/mol. The van der Waals surface area contributed by atoms with Crippen molar-refractivity contribution in [2.45, 2.75) is 124 Å². The summed E-state index contributed by atoms with van der Waals surface area (Å²) in [5, 5.41) is 11.9. The molecule has 4 rings (SSSR count). The van der Waals surface area contributed by atoms with Crippen LogP contribution < -0.4 is 0 Å². The molecule has 0 heterocycles. The van der Waals surface area contributed by atoms with Gasteiger partial charge in [-0.3, -0.25) is 14.4 Å². The molecule has 0 saturated heterocycles. The van der Waals surface area contributed by atoms with Gasteiger partial charge >= 0.3 is 17.9 Å². The number of esters is 3. The largest absolute Gasteiger partial charge is 0.469 e. The number of methoxy groups -OCH3 is 1. The van der Waals surface area contributed by atoms with E-state index in [-0.39, 0.29) is 64.6 Å². The zero-order valence-electron chi connectivity index (χ0n) is 24.4. The second-order valence-electron chi connectivity index (χ2n) is 13.2. The van der Waals surface area contributed by atoms with E-state index in [2.05, 4.69) is 20.8 Å². The zero-order valence-corrected chi connectivity index (χ0v) is 24.4. The van der Waals surface area contributed by atoms with E-state index in [1.807, 2.05) is 13.8 Å². The van der Waals surface area contributed by atoms with E-state index in [1.165, 1.54) is 7.11 Å². The predicted octanol–water partition coefficient (Wildman–Crippen LogP) is 5.46. The maximum atomic E-state index is 12.6.